The van der Waals surface area contributed by atoms with Crippen molar-refractivity contribution in [1.82, 2.24) is 4.98 Å². The van der Waals surface area contributed by atoms with E-state index in [9.17, 15) is 4.21 Å². The highest BCUT2D eigenvalue weighted by molar-refractivity contribution is 7.85. The summed E-state index contributed by atoms with van der Waals surface area (Å²) < 4.78 is 11.2. The monoisotopic (exact) mass is 269 g/mol. The highest BCUT2D eigenvalue weighted by atomic mass is 32.2. The first-order valence-corrected chi connectivity index (χ1v) is 7.42. The molecule has 1 aliphatic heterocycles. The van der Waals surface area contributed by atoms with Crippen LogP contribution in [0.1, 0.15) is 18.5 Å². The number of nitrogens with two attached hydrogens (primary N) is 1. The molecule has 0 aromatic carbocycles. The number of pyridine rings is 1. The summed E-state index contributed by atoms with van der Waals surface area (Å²) >= 11 is 4.89. The number of rotatable bonds is 3. The Morgan fingerprint density at radius 1 is 1.53 bits per heavy atom. The van der Waals surface area contributed by atoms with Gasteiger partial charge in [0.25, 0.3) is 0 Å². The molecule has 92 valence electrons. The van der Waals surface area contributed by atoms with Crippen LogP contribution in [0.15, 0.2) is 18.3 Å². The van der Waals surface area contributed by atoms with Gasteiger partial charge in [-0.2, -0.15) is 0 Å². The summed E-state index contributed by atoms with van der Waals surface area (Å²) in [6.07, 6.45) is 3.58. The highest BCUT2D eigenvalue weighted by Crippen LogP contribution is 2.16. The average molecular weight is 269 g/mol. The fourth-order valence-electron chi connectivity index (χ4n) is 1.83. The molecular weight excluding hydrogens is 254 g/mol. The summed E-state index contributed by atoms with van der Waals surface area (Å²) in [5, 5.41) is 3.41. The fourth-order valence-corrected chi connectivity index (χ4v) is 3.24. The smallest absolute Gasteiger partial charge is 0.122 e. The minimum absolute atomic E-state index is 0.304. The van der Waals surface area contributed by atoms with E-state index in [4.69, 9.17) is 18.0 Å². The topological polar surface area (TPSA) is 68.0 Å². The van der Waals surface area contributed by atoms with E-state index in [1.807, 2.05) is 12.1 Å². The van der Waals surface area contributed by atoms with Crippen molar-refractivity contribution in [3.05, 3.63) is 24.0 Å². The molecule has 0 aliphatic carbocycles. The molecule has 4 nitrogen and oxygen atoms in total. The minimum Gasteiger partial charge on any atom is -0.388 e. The number of hydrogen-bond acceptors (Lipinski definition) is 4. The zero-order chi connectivity index (χ0) is 12.3. The lowest BCUT2D eigenvalue weighted by atomic mass is 10.1. The van der Waals surface area contributed by atoms with Gasteiger partial charge in [0, 0.05) is 40.2 Å². The first-order valence-electron chi connectivity index (χ1n) is 5.52. The van der Waals surface area contributed by atoms with Crippen LogP contribution in [0.25, 0.3) is 0 Å². The van der Waals surface area contributed by atoms with Crippen molar-refractivity contribution in [1.29, 1.82) is 0 Å². The molecule has 0 bridgehead atoms. The number of thiocarbonyl (C=S) groups is 1. The maximum Gasteiger partial charge on any atom is 0.122 e. The second-order valence-electron chi connectivity index (χ2n) is 4.06. The molecule has 0 amide bonds. The van der Waals surface area contributed by atoms with E-state index >= 15 is 0 Å². The molecule has 1 aromatic heterocycles. The number of nitrogens with one attached hydrogen (secondary N) is 1. The van der Waals surface area contributed by atoms with Crippen LogP contribution in [0.5, 0.6) is 0 Å². The van der Waals surface area contributed by atoms with Crippen LogP contribution in [-0.4, -0.2) is 31.7 Å². The molecule has 0 spiro atoms. The van der Waals surface area contributed by atoms with Crippen LogP contribution in [0, 0.1) is 0 Å². The van der Waals surface area contributed by atoms with E-state index in [1.54, 1.807) is 6.20 Å². The molecule has 1 aromatic rings. The summed E-state index contributed by atoms with van der Waals surface area (Å²) in [4.78, 5) is 4.39. The van der Waals surface area contributed by atoms with Gasteiger partial charge in [0.1, 0.15) is 4.99 Å². The Morgan fingerprint density at radius 2 is 2.24 bits per heavy atom. The van der Waals surface area contributed by atoms with Crippen molar-refractivity contribution >= 4 is 33.7 Å². The van der Waals surface area contributed by atoms with Crippen LogP contribution in [0.2, 0.25) is 0 Å². The molecule has 1 aliphatic rings. The average Bonchev–Trinajstić information content (AvgIpc) is 2.32. The molecule has 2 heterocycles. The maximum atomic E-state index is 11.2. The van der Waals surface area contributed by atoms with E-state index in [2.05, 4.69) is 10.3 Å². The Labute approximate surface area is 108 Å². The van der Waals surface area contributed by atoms with Gasteiger partial charge in [0.15, 0.2) is 0 Å². The molecule has 1 fully saturated rings. The molecule has 0 atom stereocenters. The van der Waals surface area contributed by atoms with Gasteiger partial charge in [0.2, 0.25) is 0 Å². The SMILES string of the molecule is NC(=S)c1cc(NC2CCS(=O)CC2)ccn1. The van der Waals surface area contributed by atoms with Crippen molar-refractivity contribution < 1.29 is 4.21 Å². The Balaban J connectivity index is 2.01. The molecule has 6 heteroatoms. The van der Waals surface area contributed by atoms with Gasteiger partial charge >= 0.3 is 0 Å². The Bertz CT molecular complexity index is 440. The molecule has 0 unspecified atom stereocenters. The number of hydrogen-bond donors (Lipinski definition) is 2. The number of nitrogens with zero attached hydrogens (tertiary/aromatic N) is 1. The van der Waals surface area contributed by atoms with Gasteiger partial charge in [-0.3, -0.25) is 9.19 Å². The van der Waals surface area contributed by atoms with Crippen LogP contribution >= 0.6 is 12.2 Å². The second-order valence-corrected chi connectivity index (χ2v) is 6.20. The van der Waals surface area contributed by atoms with Gasteiger partial charge in [0.05, 0.1) is 5.69 Å². The third-order valence-corrected chi connectivity index (χ3v) is 4.36. The normalized spacial score (nSPS) is 24.2. The zero-order valence-corrected chi connectivity index (χ0v) is 11.0. The number of anilines is 1. The summed E-state index contributed by atoms with van der Waals surface area (Å²) in [6, 6.07) is 4.13. The summed E-state index contributed by atoms with van der Waals surface area (Å²) in [5.41, 5.74) is 7.14. The minimum atomic E-state index is -0.624. The third-order valence-electron chi connectivity index (χ3n) is 2.77. The van der Waals surface area contributed by atoms with Gasteiger partial charge in [-0.05, 0) is 25.0 Å². The van der Waals surface area contributed by atoms with Crippen molar-refractivity contribution in [2.24, 2.45) is 5.73 Å². The Hall–Kier alpha value is -1.01. The maximum absolute atomic E-state index is 11.2. The standard InChI is InChI=1S/C11H15N3OS2/c12-11(16)10-7-9(1-4-13-10)14-8-2-5-17(15)6-3-8/h1,4,7-8H,2-3,5-6H2,(H2,12,16)(H,13,14). The van der Waals surface area contributed by atoms with Gasteiger partial charge in [-0.15, -0.1) is 0 Å². The summed E-state index contributed by atoms with van der Waals surface area (Å²) in [5.74, 6) is 1.57. The molecule has 1 saturated heterocycles. The van der Waals surface area contributed by atoms with E-state index in [-0.39, 0.29) is 0 Å². The van der Waals surface area contributed by atoms with Crippen molar-refractivity contribution in [3.8, 4) is 0 Å². The van der Waals surface area contributed by atoms with Crippen LogP contribution in [-0.2, 0) is 10.8 Å². The van der Waals surface area contributed by atoms with Crippen LogP contribution in [0.3, 0.4) is 0 Å². The Morgan fingerprint density at radius 3 is 2.88 bits per heavy atom. The summed E-state index contributed by atoms with van der Waals surface area (Å²) in [7, 11) is -0.624. The van der Waals surface area contributed by atoms with Gasteiger partial charge < -0.3 is 11.1 Å². The predicted molar refractivity (Wildman–Crippen MR) is 74.6 cm³/mol. The molecule has 0 saturated carbocycles. The first kappa shape index (κ1) is 12.4. The van der Waals surface area contributed by atoms with Gasteiger partial charge in [-0.1, -0.05) is 12.2 Å². The van der Waals surface area contributed by atoms with Crippen molar-refractivity contribution in [2.45, 2.75) is 18.9 Å². The lowest BCUT2D eigenvalue weighted by Gasteiger charge is -2.23. The lowest BCUT2D eigenvalue weighted by Crippen LogP contribution is -2.29. The molecule has 17 heavy (non-hydrogen) atoms. The first-order chi connectivity index (χ1) is 8.15. The van der Waals surface area contributed by atoms with Crippen LogP contribution in [0.4, 0.5) is 5.69 Å². The summed E-state index contributed by atoms with van der Waals surface area (Å²) in [6.45, 7) is 0. The Kier molecular flexibility index (Phi) is 4.06. The van der Waals surface area contributed by atoms with E-state index < -0.39 is 10.8 Å². The predicted octanol–water partition coefficient (Wildman–Crippen LogP) is 1.04. The molecular formula is C11H15N3OS2. The third kappa shape index (κ3) is 3.47. The largest absolute Gasteiger partial charge is 0.388 e. The highest BCUT2D eigenvalue weighted by Gasteiger charge is 2.17. The van der Waals surface area contributed by atoms with Crippen LogP contribution < -0.4 is 11.1 Å². The van der Waals surface area contributed by atoms with Gasteiger partial charge in [-0.25, -0.2) is 0 Å². The molecule has 3 N–H and O–H groups in total. The molecule has 0 radical (unpaired) electrons. The zero-order valence-electron chi connectivity index (χ0n) is 9.39. The molecule has 2 rings (SSSR count). The van der Waals surface area contributed by atoms with Crippen molar-refractivity contribution in [3.63, 3.8) is 0 Å². The fraction of sp³-hybridized carbons (Fsp3) is 0.455. The second kappa shape index (κ2) is 5.55. The van der Waals surface area contributed by atoms with Crippen molar-refractivity contribution in [2.75, 3.05) is 16.8 Å². The number of aromatic nitrogens is 1. The van der Waals surface area contributed by atoms with E-state index in [0.29, 0.717) is 16.7 Å². The quantitative estimate of drug-likeness (QED) is 0.803. The lowest BCUT2D eigenvalue weighted by molar-refractivity contribution is 0.624. The van der Waals surface area contributed by atoms with E-state index in [0.717, 1.165) is 30.0 Å². The van der Waals surface area contributed by atoms with E-state index in [1.165, 1.54) is 0 Å².